The third kappa shape index (κ3) is 4.93. The highest BCUT2D eigenvalue weighted by Crippen LogP contribution is 2.27. The number of nitrogen functional groups attached to an aromatic ring is 1. The van der Waals surface area contributed by atoms with Crippen molar-refractivity contribution in [2.75, 3.05) is 19.5 Å². The number of hydrazone groups is 1. The number of anilines is 1. The van der Waals surface area contributed by atoms with E-state index < -0.39 is 5.91 Å². The first-order valence-corrected chi connectivity index (χ1v) is 7.28. The number of hydrogen-bond donors (Lipinski definition) is 2. The van der Waals surface area contributed by atoms with Crippen LogP contribution in [0, 0.1) is 0 Å². The molecule has 0 spiro atoms. The van der Waals surface area contributed by atoms with Crippen molar-refractivity contribution in [3.63, 3.8) is 0 Å². The van der Waals surface area contributed by atoms with E-state index in [2.05, 4.69) is 25.9 Å². The monoisotopic (exact) mass is 333 g/mol. The highest BCUT2D eigenvalue weighted by Gasteiger charge is 2.06. The standard InChI is InChI=1S/C14H19N7O3/c1-3-6-24-11-5-4-10(7-12(11)23-2)8-16-17-13(22)9-21-19-14(15)18-20-21/h4-5,7-8H,3,6,9H2,1-2H3,(H2,15,19)(H,17,22)/b16-8+. The maximum Gasteiger partial charge on any atom is 0.263 e. The molecule has 0 aliphatic heterocycles. The van der Waals surface area contributed by atoms with Crippen LogP contribution in [0.2, 0.25) is 0 Å². The molecule has 1 aromatic heterocycles. The Labute approximate surface area is 138 Å². The fraction of sp³-hybridized carbons (Fsp3) is 0.357. The van der Waals surface area contributed by atoms with Gasteiger partial charge >= 0.3 is 0 Å². The van der Waals surface area contributed by atoms with Crippen LogP contribution in [-0.4, -0.2) is 46.0 Å². The van der Waals surface area contributed by atoms with Gasteiger partial charge in [0.15, 0.2) is 11.5 Å². The van der Waals surface area contributed by atoms with Gasteiger partial charge in [0.1, 0.15) is 6.54 Å². The summed E-state index contributed by atoms with van der Waals surface area (Å²) in [5.74, 6) is 0.860. The topological polar surface area (TPSA) is 130 Å². The average Bonchev–Trinajstić information content (AvgIpc) is 2.98. The maximum absolute atomic E-state index is 11.7. The summed E-state index contributed by atoms with van der Waals surface area (Å²) in [6.45, 7) is 2.51. The SMILES string of the molecule is CCCOc1ccc(/C=N/NC(=O)Cn2nnc(N)n2)cc1OC. The van der Waals surface area contributed by atoms with E-state index in [0.29, 0.717) is 18.1 Å². The number of nitrogens with one attached hydrogen (secondary N) is 1. The predicted octanol–water partition coefficient (Wildman–Crippen LogP) is 0.203. The molecule has 1 heterocycles. The van der Waals surface area contributed by atoms with E-state index in [9.17, 15) is 4.79 Å². The number of nitrogens with zero attached hydrogens (tertiary/aromatic N) is 5. The molecule has 3 N–H and O–H groups in total. The lowest BCUT2D eigenvalue weighted by molar-refractivity contribution is -0.122. The number of rotatable bonds is 8. The maximum atomic E-state index is 11.7. The van der Waals surface area contributed by atoms with Crippen LogP contribution in [0.15, 0.2) is 23.3 Å². The second kappa shape index (κ2) is 8.46. The Morgan fingerprint density at radius 1 is 1.46 bits per heavy atom. The van der Waals surface area contributed by atoms with Gasteiger partial charge in [0, 0.05) is 0 Å². The van der Waals surface area contributed by atoms with Gasteiger partial charge in [-0.1, -0.05) is 12.0 Å². The van der Waals surface area contributed by atoms with Crippen LogP contribution < -0.4 is 20.6 Å². The second-order valence-corrected chi connectivity index (χ2v) is 4.73. The molecule has 0 fully saturated rings. The van der Waals surface area contributed by atoms with Gasteiger partial charge in [-0.25, -0.2) is 5.43 Å². The zero-order chi connectivity index (χ0) is 17.4. The van der Waals surface area contributed by atoms with Gasteiger partial charge in [-0.05, 0) is 35.4 Å². The van der Waals surface area contributed by atoms with Crippen LogP contribution in [0.4, 0.5) is 5.95 Å². The molecule has 128 valence electrons. The van der Waals surface area contributed by atoms with Crippen LogP contribution in [0.25, 0.3) is 0 Å². The summed E-state index contributed by atoms with van der Waals surface area (Å²) in [4.78, 5) is 12.7. The summed E-state index contributed by atoms with van der Waals surface area (Å²) in [7, 11) is 1.56. The Balaban J connectivity index is 1.92. The molecule has 1 aromatic carbocycles. The molecule has 0 aliphatic rings. The zero-order valence-corrected chi connectivity index (χ0v) is 13.5. The number of aromatic nitrogens is 4. The van der Waals surface area contributed by atoms with E-state index in [4.69, 9.17) is 15.2 Å². The number of amides is 1. The lowest BCUT2D eigenvalue weighted by atomic mass is 10.2. The van der Waals surface area contributed by atoms with Gasteiger partial charge in [0.05, 0.1) is 19.9 Å². The summed E-state index contributed by atoms with van der Waals surface area (Å²) in [5, 5.41) is 14.6. The van der Waals surface area contributed by atoms with Crippen LogP contribution in [0.3, 0.4) is 0 Å². The number of tetrazole rings is 1. The molecule has 0 unspecified atom stereocenters. The van der Waals surface area contributed by atoms with Gasteiger partial charge in [0.25, 0.3) is 11.9 Å². The van der Waals surface area contributed by atoms with E-state index in [-0.39, 0.29) is 12.5 Å². The first kappa shape index (κ1) is 17.2. The fourth-order valence-corrected chi connectivity index (χ4v) is 1.76. The Bertz CT molecular complexity index is 714. The number of carbonyl (C=O) groups excluding carboxylic acids is 1. The molecule has 0 aliphatic carbocycles. The summed E-state index contributed by atoms with van der Waals surface area (Å²) in [5.41, 5.74) is 8.42. The minimum Gasteiger partial charge on any atom is -0.493 e. The number of benzene rings is 1. The first-order chi connectivity index (χ1) is 11.6. The summed E-state index contributed by atoms with van der Waals surface area (Å²) >= 11 is 0. The Morgan fingerprint density at radius 3 is 2.96 bits per heavy atom. The van der Waals surface area contributed by atoms with Gasteiger partial charge in [-0.3, -0.25) is 4.79 Å². The van der Waals surface area contributed by atoms with Crippen LogP contribution in [0.1, 0.15) is 18.9 Å². The van der Waals surface area contributed by atoms with Crippen molar-refractivity contribution in [3.8, 4) is 11.5 Å². The lowest BCUT2D eigenvalue weighted by Gasteiger charge is -2.10. The molecule has 2 rings (SSSR count). The van der Waals surface area contributed by atoms with E-state index in [1.54, 1.807) is 19.2 Å². The number of methoxy groups -OCH3 is 1. The molecule has 0 atom stereocenters. The number of carbonyl (C=O) groups is 1. The van der Waals surface area contributed by atoms with Gasteiger partial charge in [0.2, 0.25) is 0 Å². The number of nitrogens with two attached hydrogens (primary N) is 1. The number of ether oxygens (including phenoxy) is 2. The highest BCUT2D eigenvalue weighted by atomic mass is 16.5. The van der Waals surface area contributed by atoms with Crippen LogP contribution >= 0.6 is 0 Å². The van der Waals surface area contributed by atoms with Gasteiger partial charge < -0.3 is 15.2 Å². The lowest BCUT2D eigenvalue weighted by Crippen LogP contribution is -2.24. The summed E-state index contributed by atoms with van der Waals surface area (Å²) < 4.78 is 10.9. The van der Waals surface area contributed by atoms with Gasteiger partial charge in [-0.2, -0.15) is 9.90 Å². The van der Waals surface area contributed by atoms with Crippen molar-refractivity contribution < 1.29 is 14.3 Å². The fourth-order valence-electron chi connectivity index (χ4n) is 1.76. The third-order valence-electron chi connectivity index (χ3n) is 2.81. The Kier molecular flexibility index (Phi) is 6.06. The highest BCUT2D eigenvalue weighted by molar-refractivity contribution is 5.83. The average molecular weight is 333 g/mol. The molecule has 0 bridgehead atoms. The smallest absolute Gasteiger partial charge is 0.263 e. The zero-order valence-electron chi connectivity index (χ0n) is 13.5. The molecule has 0 radical (unpaired) electrons. The molecular formula is C14H19N7O3. The Morgan fingerprint density at radius 2 is 2.29 bits per heavy atom. The summed E-state index contributed by atoms with van der Waals surface area (Å²) in [6, 6.07) is 5.36. The van der Waals surface area contributed by atoms with Crippen molar-refractivity contribution in [2.45, 2.75) is 19.9 Å². The Hall–Kier alpha value is -3.17. The second-order valence-electron chi connectivity index (χ2n) is 4.73. The van der Waals surface area contributed by atoms with Crippen molar-refractivity contribution in [2.24, 2.45) is 5.10 Å². The van der Waals surface area contributed by atoms with E-state index in [0.717, 1.165) is 16.8 Å². The molecule has 1 amide bonds. The molecular weight excluding hydrogens is 314 g/mol. The molecule has 10 nitrogen and oxygen atoms in total. The minimum atomic E-state index is -0.404. The molecule has 24 heavy (non-hydrogen) atoms. The first-order valence-electron chi connectivity index (χ1n) is 7.28. The summed E-state index contributed by atoms with van der Waals surface area (Å²) in [6.07, 6.45) is 2.40. The van der Waals surface area contributed by atoms with E-state index >= 15 is 0 Å². The predicted molar refractivity (Wildman–Crippen MR) is 86.7 cm³/mol. The molecule has 0 saturated heterocycles. The van der Waals surface area contributed by atoms with E-state index in [1.807, 2.05) is 13.0 Å². The molecule has 2 aromatic rings. The van der Waals surface area contributed by atoms with Gasteiger partial charge in [-0.15, -0.1) is 5.10 Å². The number of hydrogen-bond acceptors (Lipinski definition) is 8. The van der Waals surface area contributed by atoms with Crippen molar-refractivity contribution in [3.05, 3.63) is 23.8 Å². The molecule has 0 saturated carbocycles. The van der Waals surface area contributed by atoms with Crippen molar-refractivity contribution in [1.29, 1.82) is 0 Å². The largest absolute Gasteiger partial charge is 0.493 e. The van der Waals surface area contributed by atoms with Crippen LogP contribution in [-0.2, 0) is 11.3 Å². The van der Waals surface area contributed by atoms with Crippen molar-refractivity contribution >= 4 is 18.1 Å². The molecule has 10 heteroatoms. The van der Waals surface area contributed by atoms with Crippen molar-refractivity contribution in [1.82, 2.24) is 25.6 Å². The normalized spacial score (nSPS) is 10.8. The van der Waals surface area contributed by atoms with E-state index in [1.165, 1.54) is 6.21 Å². The quantitative estimate of drug-likeness (QED) is 0.521. The minimum absolute atomic E-state index is 0.00350. The van der Waals surface area contributed by atoms with Crippen LogP contribution in [0.5, 0.6) is 11.5 Å². The third-order valence-corrected chi connectivity index (χ3v) is 2.81.